The van der Waals surface area contributed by atoms with Gasteiger partial charge in [0.2, 0.25) is 0 Å². The summed E-state index contributed by atoms with van der Waals surface area (Å²) in [6.07, 6.45) is 2.55. The summed E-state index contributed by atoms with van der Waals surface area (Å²) in [5, 5.41) is 0. The lowest BCUT2D eigenvalue weighted by Crippen LogP contribution is -2.18. The van der Waals surface area contributed by atoms with Gasteiger partial charge in [0.1, 0.15) is 13.2 Å². The van der Waals surface area contributed by atoms with Crippen LogP contribution in [0.5, 0.6) is 0 Å². The molecule has 0 radical (unpaired) electrons. The van der Waals surface area contributed by atoms with Crippen molar-refractivity contribution in [2.24, 2.45) is 11.8 Å². The zero-order chi connectivity index (χ0) is 24.1. The van der Waals surface area contributed by atoms with Crippen molar-refractivity contribution in [3.63, 3.8) is 0 Å². The van der Waals surface area contributed by atoms with Gasteiger partial charge in [-0.1, -0.05) is 88.4 Å². The molecule has 0 aliphatic heterocycles. The van der Waals surface area contributed by atoms with Crippen molar-refractivity contribution in [2.45, 2.75) is 66.6 Å². The number of ether oxygens (including phenoxy) is 1. The minimum absolute atomic E-state index is 0.225. The molecular weight excluding hydrogens is 454 g/mol. The van der Waals surface area contributed by atoms with Crippen LogP contribution in [0, 0.1) is 11.8 Å². The summed E-state index contributed by atoms with van der Waals surface area (Å²) in [5.74, 6) is 0.812. The minimum atomic E-state index is -2.20. The molecule has 2 unspecified atom stereocenters. The van der Waals surface area contributed by atoms with Crippen molar-refractivity contribution in [2.75, 3.05) is 0 Å². The fraction of sp³-hybridized carbons (Fsp3) is 0.462. The van der Waals surface area contributed by atoms with Gasteiger partial charge in [-0.25, -0.2) is 4.74 Å². The number of hydrogen-bond acceptors (Lipinski definition) is 5. The Kier molecular flexibility index (Phi) is 13.0. The molecule has 0 saturated carbocycles. The van der Waals surface area contributed by atoms with Crippen molar-refractivity contribution in [1.29, 1.82) is 0 Å². The third-order valence-corrected chi connectivity index (χ3v) is 7.07. The molecule has 2 aromatic carbocycles. The van der Waals surface area contributed by atoms with E-state index in [-0.39, 0.29) is 13.2 Å². The average molecular weight is 491 g/mol. The van der Waals surface area contributed by atoms with Crippen LogP contribution in [0.3, 0.4) is 0 Å². The third kappa shape index (κ3) is 11.5. The van der Waals surface area contributed by atoms with E-state index in [1.807, 2.05) is 60.7 Å². The maximum Gasteiger partial charge on any atom is 0.263 e. The molecule has 0 saturated heterocycles. The number of hydrogen-bond donors (Lipinski definition) is 0. The summed E-state index contributed by atoms with van der Waals surface area (Å²) in [6, 6.07) is 19.2. The van der Waals surface area contributed by atoms with Crippen molar-refractivity contribution >= 4 is 27.0 Å². The summed E-state index contributed by atoms with van der Waals surface area (Å²) < 4.78 is 17.4. The molecule has 0 N–H and O–H groups in total. The second kappa shape index (κ2) is 15.5. The number of benzene rings is 2. The van der Waals surface area contributed by atoms with Gasteiger partial charge in [0.15, 0.2) is 0 Å². The van der Waals surface area contributed by atoms with Gasteiger partial charge in [-0.2, -0.15) is 9.05 Å². The van der Waals surface area contributed by atoms with Gasteiger partial charge in [0, 0.05) is 12.8 Å². The fourth-order valence-corrected chi connectivity index (χ4v) is 4.76. The molecule has 2 rings (SSSR count). The van der Waals surface area contributed by atoms with Gasteiger partial charge >= 0.3 is 0 Å². The lowest BCUT2D eigenvalue weighted by Gasteiger charge is -2.12. The Morgan fingerprint density at radius 1 is 0.667 bits per heavy atom. The molecule has 180 valence electrons. The first-order valence-electron chi connectivity index (χ1n) is 11.5. The number of rotatable bonds is 14. The summed E-state index contributed by atoms with van der Waals surface area (Å²) in [4.78, 5) is 26.0. The Bertz CT molecular complexity index is 807. The summed E-state index contributed by atoms with van der Waals surface area (Å²) in [6.45, 7) is 8.85. The Morgan fingerprint density at radius 2 is 1.03 bits per heavy atom. The van der Waals surface area contributed by atoms with Crippen molar-refractivity contribution in [3.8, 4) is 0 Å². The van der Waals surface area contributed by atoms with Crippen LogP contribution in [-0.2, 0) is 27.0 Å². The molecule has 0 fully saturated rings. The SMILES string of the molecule is CC(C)CC/C(O/C(CCC(C)C)=[P+](\[O-])OCc1ccccc1)=[P+](/[O-])OCc1ccccc1. The summed E-state index contributed by atoms with van der Waals surface area (Å²) in [7, 11) is -4.39. The van der Waals surface area contributed by atoms with Crippen LogP contribution in [-0.4, -0.2) is 11.0 Å². The molecule has 0 aromatic heterocycles. The van der Waals surface area contributed by atoms with Crippen LogP contribution in [0.2, 0.25) is 0 Å². The standard InChI is InChI=1S/C26H36O5P2/c1-21(2)15-17-25(32(27)29-19-23-11-7-5-8-12-23)31-26(18-16-22(3)4)33(28)30-20-24-13-9-6-10-14-24/h5-14,21-22H,15-20H2,1-4H3. The molecule has 0 heterocycles. The minimum Gasteiger partial charge on any atom is -0.601 e. The normalized spacial score (nSPS) is 13.3. The maximum atomic E-state index is 13.0. The molecule has 0 aliphatic rings. The third-order valence-electron chi connectivity index (χ3n) is 4.90. The van der Waals surface area contributed by atoms with E-state index in [1.165, 1.54) is 0 Å². The highest BCUT2D eigenvalue weighted by Crippen LogP contribution is 2.28. The van der Waals surface area contributed by atoms with Crippen LogP contribution in [0.25, 0.3) is 0 Å². The molecule has 0 aliphatic carbocycles. The molecule has 0 bridgehead atoms. The van der Waals surface area contributed by atoms with Crippen LogP contribution in [0.1, 0.15) is 64.5 Å². The monoisotopic (exact) mass is 490 g/mol. The van der Waals surface area contributed by atoms with E-state index in [0.717, 1.165) is 24.0 Å². The molecule has 33 heavy (non-hydrogen) atoms. The molecule has 7 heteroatoms. The van der Waals surface area contributed by atoms with Crippen molar-refractivity contribution in [3.05, 3.63) is 71.8 Å². The lowest BCUT2D eigenvalue weighted by molar-refractivity contribution is -0.173. The first-order chi connectivity index (χ1) is 15.8. The predicted molar refractivity (Wildman–Crippen MR) is 136 cm³/mol. The van der Waals surface area contributed by atoms with E-state index in [1.54, 1.807) is 0 Å². The second-order valence-corrected chi connectivity index (χ2v) is 11.3. The van der Waals surface area contributed by atoms with E-state index in [4.69, 9.17) is 13.8 Å². The quantitative estimate of drug-likeness (QED) is 0.308. The fourth-order valence-electron chi connectivity index (χ4n) is 2.88. The Labute approximate surface area is 200 Å². The average Bonchev–Trinajstić information content (AvgIpc) is 2.81. The van der Waals surface area contributed by atoms with E-state index in [9.17, 15) is 9.79 Å². The zero-order valence-electron chi connectivity index (χ0n) is 20.1. The molecule has 2 atom stereocenters. The summed E-state index contributed by atoms with van der Waals surface area (Å²) >= 11 is 0. The highest BCUT2D eigenvalue weighted by atomic mass is 31.1. The topological polar surface area (TPSA) is 73.8 Å². The van der Waals surface area contributed by atoms with E-state index in [0.29, 0.717) is 35.6 Å². The van der Waals surface area contributed by atoms with Crippen LogP contribution in [0.4, 0.5) is 0 Å². The smallest absolute Gasteiger partial charge is 0.263 e. The first-order valence-corrected chi connectivity index (χ1v) is 13.9. The summed E-state index contributed by atoms with van der Waals surface area (Å²) in [5.41, 5.74) is 2.54. The second-order valence-electron chi connectivity index (χ2n) is 8.79. The van der Waals surface area contributed by atoms with E-state index >= 15 is 0 Å². The Balaban J connectivity index is 2.20. The molecule has 2 aromatic rings. The lowest BCUT2D eigenvalue weighted by atomic mass is 10.1. The van der Waals surface area contributed by atoms with Gasteiger partial charge in [-0.3, -0.25) is 0 Å². The molecule has 0 spiro atoms. The molecular formula is C26H36O5P2. The van der Waals surface area contributed by atoms with Gasteiger partial charge in [0.05, 0.1) is 0 Å². The highest BCUT2D eigenvalue weighted by molar-refractivity contribution is 7.48. The molecule has 5 nitrogen and oxygen atoms in total. The Morgan fingerprint density at radius 3 is 1.36 bits per heavy atom. The zero-order valence-corrected chi connectivity index (χ0v) is 21.9. The van der Waals surface area contributed by atoms with Crippen LogP contribution < -0.4 is 9.79 Å². The van der Waals surface area contributed by atoms with Gasteiger partial charge in [0.25, 0.3) is 27.0 Å². The van der Waals surface area contributed by atoms with Crippen molar-refractivity contribution in [1.82, 2.24) is 0 Å². The maximum absolute atomic E-state index is 13.0. The van der Waals surface area contributed by atoms with Crippen molar-refractivity contribution < 1.29 is 23.6 Å². The van der Waals surface area contributed by atoms with E-state index in [2.05, 4.69) is 27.7 Å². The first kappa shape index (κ1) is 27.8. The van der Waals surface area contributed by atoms with E-state index < -0.39 is 16.0 Å². The van der Waals surface area contributed by atoms with Gasteiger partial charge in [-0.05, 0) is 35.8 Å². The molecule has 0 amide bonds. The predicted octanol–water partition coefficient (Wildman–Crippen LogP) is 5.91. The highest BCUT2D eigenvalue weighted by Gasteiger charge is 2.23. The van der Waals surface area contributed by atoms with Gasteiger partial charge in [-0.15, -0.1) is 0 Å². The van der Waals surface area contributed by atoms with Crippen LogP contribution >= 0.6 is 16.0 Å². The van der Waals surface area contributed by atoms with Crippen LogP contribution in [0.15, 0.2) is 60.7 Å². The Hall–Kier alpha value is -1.42. The van der Waals surface area contributed by atoms with Gasteiger partial charge < -0.3 is 9.79 Å². The largest absolute Gasteiger partial charge is 0.601 e.